The summed E-state index contributed by atoms with van der Waals surface area (Å²) in [5.74, 6) is -0.404. The number of urea groups is 1. The monoisotopic (exact) mass is 279 g/mol. The lowest BCUT2D eigenvalue weighted by Crippen LogP contribution is -2.46. The van der Waals surface area contributed by atoms with Crippen molar-refractivity contribution in [3.05, 3.63) is 35.9 Å². The van der Waals surface area contributed by atoms with E-state index in [9.17, 15) is 9.59 Å². The van der Waals surface area contributed by atoms with Crippen LogP contribution in [0.1, 0.15) is 18.5 Å². The lowest BCUT2D eigenvalue weighted by atomic mass is 10.1. The number of hydrogen-bond acceptors (Lipinski definition) is 4. The van der Waals surface area contributed by atoms with Crippen LogP contribution in [0.15, 0.2) is 30.3 Å². The minimum Gasteiger partial charge on any atom is -0.383 e. The van der Waals surface area contributed by atoms with Gasteiger partial charge in [-0.3, -0.25) is 15.4 Å². The highest BCUT2D eigenvalue weighted by Crippen LogP contribution is 2.13. The number of hydrogen-bond donors (Lipinski definition) is 3. The molecule has 1 rings (SSSR count). The molecule has 0 fully saturated rings. The Hall–Kier alpha value is -1.92. The summed E-state index contributed by atoms with van der Waals surface area (Å²) in [5, 5.41) is 7.79. The van der Waals surface area contributed by atoms with Gasteiger partial charge in [0.25, 0.3) is 0 Å². The van der Waals surface area contributed by atoms with Crippen LogP contribution < -0.4 is 16.0 Å². The number of methoxy groups -OCH3 is 1. The summed E-state index contributed by atoms with van der Waals surface area (Å²) in [7, 11) is 3.06. The van der Waals surface area contributed by atoms with E-state index in [0.717, 1.165) is 5.56 Å². The van der Waals surface area contributed by atoms with E-state index in [1.54, 1.807) is 7.11 Å². The molecule has 0 saturated heterocycles. The highest BCUT2D eigenvalue weighted by Gasteiger charge is 2.23. The van der Waals surface area contributed by atoms with Gasteiger partial charge in [0.15, 0.2) is 0 Å². The van der Waals surface area contributed by atoms with E-state index >= 15 is 0 Å². The minimum atomic E-state index is -0.612. The van der Waals surface area contributed by atoms with E-state index in [2.05, 4.69) is 16.0 Å². The summed E-state index contributed by atoms with van der Waals surface area (Å²) in [6.45, 7) is 2.38. The van der Waals surface area contributed by atoms with Crippen molar-refractivity contribution >= 4 is 11.9 Å². The van der Waals surface area contributed by atoms with Crippen LogP contribution in [0.3, 0.4) is 0 Å². The van der Waals surface area contributed by atoms with Crippen molar-refractivity contribution in [3.8, 4) is 0 Å². The predicted octanol–water partition coefficient (Wildman–Crippen LogP) is 0.808. The third-order valence-electron chi connectivity index (χ3n) is 2.73. The van der Waals surface area contributed by atoms with Crippen LogP contribution in [-0.4, -0.2) is 38.7 Å². The van der Waals surface area contributed by atoms with Crippen LogP contribution in [0, 0.1) is 0 Å². The molecule has 2 atom stereocenters. The molecular formula is C14H21N3O3. The topological polar surface area (TPSA) is 79.5 Å². The predicted molar refractivity (Wildman–Crippen MR) is 76.3 cm³/mol. The zero-order valence-corrected chi connectivity index (χ0v) is 12.0. The van der Waals surface area contributed by atoms with E-state index in [1.165, 1.54) is 7.05 Å². The quantitative estimate of drug-likeness (QED) is 0.720. The SMILES string of the molecule is CNC(=O)NC(=O)[C@@H](N[C@@H](C)COC)c1ccccc1. The van der Waals surface area contributed by atoms with Gasteiger partial charge in [-0.1, -0.05) is 30.3 Å². The van der Waals surface area contributed by atoms with E-state index < -0.39 is 18.0 Å². The molecule has 20 heavy (non-hydrogen) atoms. The lowest BCUT2D eigenvalue weighted by Gasteiger charge is -2.22. The van der Waals surface area contributed by atoms with Crippen molar-refractivity contribution in [2.24, 2.45) is 0 Å². The molecule has 0 heterocycles. The summed E-state index contributed by atoms with van der Waals surface area (Å²) in [5.41, 5.74) is 0.789. The molecule has 1 aromatic carbocycles. The molecule has 6 nitrogen and oxygen atoms in total. The molecule has 0 unspecified atom stereocenters. The first-order valence-corrected chi connectivity index (χ1v) is 6.41. The highest BCUT2D eigenvalue weighted by molar-refractivity contribution is 5.97. The van der Waals surface area contributed by atoms with Crippen LogP contribution in [-0.2, 0) is 9.53 Å². The van der Waals surface area contributed by atoms with Crippen molar-refractivity contribution in [2.75, 3.05) is 20.8 Å². The Morgan fingerprint density at radius 1 is 1.25 bits per heavy atom. The maximum absolute atomic E-state index is 12.2. The van der Waals surface area contributed by atoms with Gasteiger partial charge >= 0.3 is 6.03 Å². The molecule has 6 heteroatoms. The highest BCUT2D eigenvalue weighted by atomic mass is 16.5. The molecule has 0 radical (unpaired) electrons. The summed E-state index contributed by atoms with van der Waals surface area (Å²) in [6, 6.07) is 8.06. The first-order valence-electron chi connectivity index (χ1n) is 6.41. The zero-order valence-electron chi connectivity index (χ0n) is 12.0. The summed E-state index contributed by atoms with van der Waals surface area (Å²) >= 11 is 0. The van der Waals surface area contributed by atoms with Gasteiger partial charge < -0.3 is 10.1 Å². The van der Waals surface area contributed by atoms with Crippen LogP contribution >= 0.6 is 0 Å². The molecule has 110 valence electrons. The van der Waals surface area contributed by atoms with Gasteiger partial charge in [0.2, 0.25) is 5.91 Å². The summed E-state index contributed by atoms with van der Waals surface area (Å²) in [4.78, 5) is 23.5. The Morgan fingerprint density at radius 3 is 2.45 bits per heavy atom. The molecule has 0 aromatic heterocycles. The van der Waals surface area contributed by atoms with Crippen molar-refractivity contribution in [1.29, 1.82) is 0 Å². The third-order valence-corrected chi connectivity index (χ3v) is 2.73. The first-order chi connectivity index (χ1) is 9.58. The van der Waals surface area contributed by atoms with Gasteiger partial charge in [0.1, 0.15) is 6.04 Å². The molecule has 0 aliphatic carbocycles. The molecule has 0 aliphatic rings. The van der Waals surface area contributed by atoms with Gasteiger partial charge in [-0.25, -0.2) is 4.79 Å². The van der Waals surface area contributed by atoms with Crippen molar-refractivity contribution in [1.82, 2.24) is 16.0 Å². The van der Waals surface area contributed by atoms with Crippen LogP contribution in [0.4, 0.5) is 4.79 Å². The molecular weight excluding hydrogens is 258 g/mol. The number of rotatable bonds is 6. The Kier molecular flexibility index (Phi) is 6.69. The summed E-state index contributed by atoms with van der Waals surface area (Å²) in [6.07, 6.45) is 0. The molecule has 1 aromatic rings. The van der Waals surface area contributed by atoms with Gasteiger partial charge in [-0.15, -0.1) is 0 Å². The van der Waals surface area contributed by atoms with Gasteiger partial charge in [0.05, 0.1) is 6.61 Å². The maximum Gasteiger partial charge on any atom is 0.321 e. The number of nitrogens with one attached hydrogen (secondary N) is 3. The second kappa shape index (κ2) is 8.29. The van der Waals surface area contributed by atoms with Crippen LogP contribution in [0.2, 0.25) is 0 Å². The molecule has 0 spiro atoms. The third kappa shape index (κ3) is 4.99. The maximum atomic E-state index is 12.2. The fraction of sp³-hybridized carbons (Fsp3) is 0.429. The van der Waals surface area contributed by atoms with E-state index in [4.69, 9.17) is 4.74 Å². The summed E-state index contributed by atoms with van der Waals surface area (Å²) < 4.78 is 5.05. The second-order valence-corrected chi connectivity index (χ2v) is 4.44. The number of imide groups is 1. The van der Waals surface area contributed by atoms with E-state index in [0.29, 0.717) is 6.61 Å². The van der Waals surface area contributed by atoms with Gasteiger partial charge in [-0.05, 0) is 12.5 Å². The minimum absolute atomic E-state index is 0.0272. The molecule has 0 aliphatic heterocycles. The zero-order chi connectivity index (χ0) is 15.0. The van der Waals surface area contributed by atoms with Crippen molar-refractivity contribution in [2.45, 2.75) is 19.0 Å². The Morgan fingerprint density at radius 2 is 1.90 bits per heavy atom. The Labute approximate surface area is 118 Å². The van der Waals surface area contributed by atoms with Gasteiger partial charge in [0, 0.05) is 20.2 Å². The second-order valence-electron chi connectivity index (χ2n) is 4.44. The van der Waals surface area contributed by atoms with Crippen molar-refractivity contribution < 1.29 is 14.3 Å². The number of ether oxygens (including phenoxy) is 1. The van der Waals surface area contributed by atoms with E-state index in [1.807, 2.05) is 37.3 Å². The smallest absolute Gasteiger partial charge is 0.321 e. The number of carbonyl (C=O) groups excluding carboxylic acids is 2. The average Bonchev–Trinajstić information content (AvgIpc) is 2.45. The normalized spacial score (nSPS) is 13.3. The molecule has 0 bridgehead atoms. The number of carbonyl (C=O) groups is 2. The first kappa shape index (κ1) is 16.1. The van der Waals surface area contributed by atoms with Gasteiger partial charge in [-0.2, -0.15) is 0 Å². The average molecular weight is 279 g/mol. The number of benzene rings is 1. The van der Waals surface area contributed by atoms with Crippen LogP contribution in [0.25, 0.3) is 0 Å². The van der Waals surface area contributed by atoms with E-state index in [-0.39, 0.29) is 6.04 Å². The lowest BCUT2D eigenvalue weighted by molar-refractivity contribution is -0.122. The number of amides is 3. The van der Waals surface area contributed by atoms with Crippen LogP contribution in [0.5, 0.6) is 0 Å². The largest absolute Gasteiger partial charge is 0.383 e. The molecule has 0 saturated carbocycles. The Balaban J connectivity index is 2.84. The molecule has 3 amide bonds. The fourth-order valence-corrected chi connectivity index (χ4v) is 1.80. The fourth-order valence-electron chi connectivity index (χ4n) is 1.80. The van der Waals surface area contributed by atoms with Crippen molar-refractivity contribution in [3.63, 3.8) is 0 Å². The Bertz CT molecular complexity index is 437. The standard InChI is InChI=1S/C14H21N3O3/c1-10(9-20-3)16-12(11-7-5-4-6-8-11)13(18)17-14(19)15-2/h4-8,10,12,16H,9H2,1-3H3,(H2,15,17,18,19)/t10-,12-/m0/s1. The molecule has 3 N–H and O–H groups in total.